The molecule has 0 spiro atoms. The Morgan fingerprint density at radius 3 is 2.33 bits per heavy atom. The smallest absolute Gasteiger partial charge is 0.320 e. The van der Waals surface area contributed by atoms with Gasteiger partial charge in [0.15, 0.2) is 0 Å². The van der Waals surface area contributed by atoms with Gasteiger partial charge in [-0.2, -0.15) is 0 Å². The van der Waals surface area contributed by atoms with E-state index in [1.54, 1.807) is 0 Å². The van der Waals surface area contributed by atoms with E-state index in [-0.39, 0.29) is 6.03 Å². The van der Waals surface area contributed by atoms with Crippen LogP contribution in [0.5, 0.6) is 0 Å². The Labute approximate surface area is 132 Å². The summed E-state index contributed by atoms with van der Waals surface area (Å²) in [5.41, 5.74) is 1.16. The first-order chi connectivity index (χ1) is 10.2. The van der Waals surface area contributed by atoms with E-state index in [1.807, 2.05) is 41.8 Å². The maximum Gasteiger partial charge on any atom is 0.320 e. The van der Waals surface area contributed by atoms with Crippen LogP contribution in [-0.2, 0) is 6.54 Å². The molecule has 1 aliphatic rings. The van der Waals surface area contributed by atoms with Gasteiger partial charge in [0.25, 0.3) is 0 Å². The number of benzene rings is 1. The molecule has 0 unspecified atom stereocenters. The zero-order valence-electron chi connectivity index (χ0n) is 12.9. The van der Waals surface area contributed by atoms with Crippen molar-refractivity contribution in [3.8, 4) is 0 Å². The number of urea groups is 1. The van der Waals surface area contributed by atoms with Crippen molar-refractivity contribution in [2.45, 2.75) is 20.4 Å². The second kappa shape index (κ2) is 7.66. The van der Waals surface area contributed by atoms with Gasteiger partial charge in [-0.3, -0.25) is 4.90 Å². The number of rotatable bonds is 4. The lowest BCUT2D eigenvalue weighted by atomic mass is 10.2. The predicted molar refractivity (Wildman–Crippen MR) is 86.6 cm³/mol. The number of halogens is 1. The first-order valence-electron chi connectivity index (χ1n) is 7.65. The summed E-state index contributed by atoms with van der Waals surface area (Å²) >= 11 is 6.20. The monoisotopic (exact) mass is 309 g/mol. The molecule has 0 aliphatic carbocycles. The van der Waals surface area contributed by atoms with Crippen LogP contribution in [-0.4, -0.2) is 60.0 Å². The molecule has 0 aromatic heterocycles. The maximum absolute atomic E-state index is 12.3. The van der Waals surface area contributed by atoms with E-state index >= 15 is 0 Å². The fraction of sp³-hybridized carbons (Fsp3) is 0.562. The van der Waals surface area contributed by atoms with Crippen molar-refractivity contribution in [2.75, 3.05) is 39.3 Å². The molecule has 2 amide bonds. The van der Waals surface area contributed by atoms with E-state index in [0.717, 1.165) is 56.4 Å². The van der Waals surface area contributed by atoms with Gasteiger partial charge in [0, 0.05) is 50.8 Å². The van der Waals surface area contributed by atoms with E-state index in [1.165, 1.54) is 0 Å². The SMILES string of the molecule is CCN(CC)C(=O)N1CCN(Cc2ccccc2Cl)CC1. The van der Waals surface area contributed by atoms with Crippen LogP contribution in [0.4, 0.5) is 4.79 Å². The van der Waals surface area contributed by atoms with Crippen LogP contribution in [0, 0.1) is 0 Å². The molecule has 1 saturated heterocycles. The van der Waals surface area contributed by atoms with E-state index in [9.17, 15) is 4.79 Å². The lowest BCUT2D eigenvalue weighted by Crippen LogP contribution is -2.52. The summed E-state index contributed by atoms with van der Waals surface area (Å²) in [6.07, 6.45) is 0. The molecule has 0 N–H and O–H groups in total. The average molecular weight is 310 g/mol. The molecule has 0 saturated carbocycles. The van der Waals surface area contributed by atoms with E-state index in [4.69, 9.17) is 11.6 Å². The fourth-order valence-electron chi connectivity index (χ4n) is 2.66. The standard InChI is InChI=1S/C16H24ClN3O/c1-3-19(4-2)16(21)20-11-9-18(10-12-20)13-14-7-5-6-8-15(14)17/h5-8H,3-4,9-13H2,1-2H3. The van der Waals surface area contributed by atoms with Gasteiger partial charge in [-0.05, 0) is 25.5 Å². The van der Waals surface area contributed by atoms with Gasteiger partial charge >= 0.3 is 6.03 Å². The molecule has 1 aliphatic heterocycles. The van der Waals surface area contributed by atoms with E-state index in [2.05, 4.69) is 11.0 Å². The van der Waals surface area contributed by atoms with Crippen LogP contribution in [0.25, 0.3) is 0 Å². The number of carbonyl (C=O) groups excluding carboxylic acids is 1. The number of hydrogen-bond donors (Lipinski definition) is 0. The highest BCUT2D eigenvalue weighted by molar-refractivity contribution is 6.31. The number of piperazine rings is 1. The summed E-state index contributed by atoms with van der Waals surface area (Å²) < 4.78 is 0. The molecule has 0 radical (unpaired) electrons. The third kappa shape index (κ3) is 4.11. The van der Waals surface area contributed by atoms with Gasteiger partial charge < -0.3 is 9.80 Å². The van der Waals surface area contributed by atoms with Crippen molar-refractivity contribution in [1.82, 2.24) is 14.7 Å². The molecule has 2 rings (SSSR count). The lowest BCUT2D eigenvalue weighted by Gasteiger charge is -2.37. The Balaban J connectivity index is 1.86. The zero-order valence-corrected chi connectivity index (χ0v) is 13.6. The normalized spacial score (nSPS) is 16.0. The second-order valence-corrected chi connectivity index (χ2v) is 5.72. The Hall–Kier alpha value is -1.26. The number of amides is 2. The van der Waals surface area contributed by atoms with Crippen molar-refractivity contribution in [3.05, 3.63) is 34.9 Å². The molecular formula is C16H24ClN3O. The molecule has 1 fully saturated rings. The zero-order chi connectivity index (χ0) is 15.2. The van der Waals surface area contributed by atoms with Gasteiger partial charge in [-0.25, -0.2) is 4.79 Å². The third-order valence-electron chi connectivity index (χ3n) is 4.03. The number of nitrogens with zero attached hydrogens (tertiary/aromatic N) is 3. The molecule has 116 valence electrons. The summed E-state index contributed by atoms with van der Waals surface area (Å²) in [6, 6.07) is 8.12. The van der Waals surface area contributed by atoms with Crippen LogP contribution in [0.1, 0.15) is 19.4 Å². The Kier molecular flexibility index (Phi) is 5.88. The topological polar surface area (TPSA) is 26.8 Å². The molecule has 1 heterocycles. The molecule has 4 nitrogen and oxygen atoms in total. The van der Waals surface area contributed by atoms with Crippen LogP contribution in [0.2, 0.25) is 5.02 Å². The summed E-state index contributed by atoms with van der Waals surface area (Å²) in [7, 11) is 0. The van der Waals surface area contributed by atoms with Gasteiger partial charge in [-0.15, -0.1) is 0 Å². The van der Waals surface area contributed by atoms with Crippen LogP contribution in [0.3, 0.4) is 0 Å². The first kappa shape index (κ1) is 16.1. The average Bonchev–Trinajstić information content (AvgIpc) is 2.51. The number of carbonyl (C=O) groups is 1. The first-order valence-corrected chi connectivity index (χ1v) is 8.03. The van der Waals surface area contributed by atoms with Crippen molar-refractivity contribution < 1.29 is 4.79 Å². The highest BCUT2D eigenvalue weighted by atomic mass is 35.5. The van der Waals surface area contributed by atoms with Crippen LogP contribution in [0.15, 0.2) is 24.3 Å². The van der Waals surface area contributed by atoms with Crippen LogP contribution < -0.4 is 0 Å². The van der Waals surface area contributed by atoms with Gasteiger partial charge in [0.1, 0.15) is 0 Å². The van der Waals surface area contributed by atoms with Crippen molar-refractivity contribution in [3.63, 3.8) is 0 Å². The number of hydrogen-bond acceptors (Lipinski definition) is 2. The van der Waals surface area contributed by atoms with Gasteiger partial charge in [-0.1, -0.05) is 29.8 Å². The molecular weight excluding hydrogens is 286 g/mol. The maximum atomic E-state index is 12.3. The Bertz CT molecular complexity index is 468. The predicted octanol–water partition coefficient (Wildman–Crippen LogP) is 2.92. The lowest BCUT2D eigenvalue weighted by molar-refractivity contribution is 0.112. The highest BCUT2D eigenvalue weighted by Crippen LogP contribution is 2.18. The van der Waals surface area contributed by atoms with Crippen molar-refractivity contribution in [1.29, 1.82) is 0 Å². The molecule has 5 heteroatoms. The third-order valence-corrected chi connectivity index (χ3v) is 4.40. The molecule has 1 aromatic carbocycles. The molecule has 1 aromatic rings. The van der Waals surface area contributed by atoms with Crippen LogP contribution >= 0.6 is 11.6 Å². The van der Waals surface area contributed by atoms with Gasteiger partial charge in [0.05, 0.1) is 0 Å². The molecule has 0 bridgehead atoms. The van der Waals surface area contributed by atoms with Crippen molar-refractivity contribution in [2.24, 2.45) is 0 Å². The summed E-state index contributed by atoms with van der Waals surface area (Å²) in [5, 5.41) is 0.819. The highest BCUT2D eigenvalue weighted by Gasteiger charge is 2.23. The minimum atomic E-state index is 0.164. The van der Waals surface area contributed by atoms with Crippen molar-refractivity contribution >= 4 is 17.6 Å². The quantitative estimate of drug-likeness (QED) is 0.855. The van der Waals surface area contributed by atoms with E-state index < -0.39 is 0 Å². The fourth-order valence-corrected chi connectivity index (χ4v) is 2.85. The summed E-state index contributed by atoms with van der Waals surface area (Å²) in [6.45, 7) is 9.83. The van der Waals surface area contributed by atoms with E-state index in [0.29, 0.717) is 0 Å². The minimum absolute atomic E-state index is 0.164. The molecule has 21 heavy (non-hydrogen) atoms. The molecule has 0 atom stereocenters. The Morgan fingerprint density at radius 1 is 1.14 bits per heavy atom. The summed E-state index contributed by atoms with van der Waals surface area (Å²) in [5.74, 6) is 0. The second-order valence-electron chi connectivity index (χ2n) is 5.31. The Morgan fingerprint density at radius 2 is 1.76 bits per heavy atom. The van der Waals surface area contributed by atoms with Gasteiger partial charge in [0.2, 0.25) is 0 Å². The largest absolute Gasteiger partial charge is 0.325 e. The minimum Gasteiger partial charge on any atom is -0.325 e. The summed E-state index contributed by atoms with van der Waals surface area (Å²) in [4.78, 5) is 18.5.